The van der Waals surface area contributed by atoms with E-state index in [2.05, 4.69) is 10.4 Å². The number of aromatic nitrogens is 2. The average molecular weight is 351 g/mol. The fraction of sp³-hybridized carbons (Fsp3) is 0.333. The first-order chi connectivity index (χ1) is 11.3. The largest absolute Gasteiger partial charge is 0.476 e. The highest BCUT2D eigenvalue weighted by Gasteiger charge is 2.26. The van der Waals surface area contributed by atoms with Crippen LogP contribution in [0.25, 0.3) is 0 Å². The number of rotatable bonds is 5. The van der Waals surface area contributed by atoms with E-state index in [1.165, 1.54) is 36.4 Å². The van der Waals surface area contributed by atoms with E-state index in [0.29, 0.717) is 17.0 Å². The number of hydrogen-bond donors (Lipinski definition) is 2. The number of esters is 1. The van der Waals surface area contributed by atoms with Gasteiger partial charge in [0.1, 0.15) is 5.00 Å². The Morgan fingerprint density at radius 1 is 1.42 bits per heavy atom. The third-order valence-corrected chi connectivity index (χ3v) is 4.52. The predicted octanol–water partition coefficient (Wildman–Crippen LogP) is 2.09. The van der Waals surface area contributed by atoms with Gasteiger partial charge in [-0.1, -0.05) is 6.92 Å². The highest BCUT2D eigenvalue weighted by molar-refractivity contribution is 7.16. The summed E-state index contributed by atoms with van der Waals surface area (Å²) in [6, 6.07) is 0. The molecule has 24 heavy (non-hydrogen) atoms. The summed E-state index contributed by atoms with van der Waals surface area (Å²) in [7, 11) is 2.79. The zero-order valence-corrected chi connectivity index (χ0v) is 14.5. The van der Waals surface area contributed by atoms with Crippen molar-refractivity contribution in [3.05, 3.63) is 33.5 Å². The molecule has 0 unspecified atom stereocenters. The van der Waals surface area contributed by atoms with Crippen molar-refractivity contribution >= 4 is 34.2 Å². The molecule has 2 rings (SSSR count). The average Bonchev–Trinajstić information content (AvgIpc) is 3.06. The number of thiophene rings is 1. The summed E-state index contributed by atoms with van der Waals surface area (Å²) >= 11 is 1.25. The number of methoxy groups -OCH3 is 1. The minimum atomic E-state index is -1.30. The zero-order valence-electron chi connectivity index (χ0n) is 13.7. The number of aromatic carboxylic acids is 1. The maximum absolute atomic E-state index is 12.5. The Morgan fingerprint density at radius 2 is 2.08 bits per heavy atom. The molecule has 0 aliphatic heterocycles. The third-order valence-electron chi connectivity index (χ3n) is 3.46. The smallest absolute Gasteiger partial charge is 0.357 e. The van der Waals surface area contributed by atoms with Crippen molar-refractivity contribution in [3.63, 3.8) is 0 Å². The summed E-state index contributed by atoms with van der Waals surface area (Å²) in [5.74, 6) is -2.49. The van der Waals surface area contributed by atoms with Gasteiger partial charge in [0.25, 0.3) is 5.91 Å². The van der Waals surface area contributed by atoms with Crippen molar-refractivity contribution in [1.82, 2.24) is 9.78 Å². The Balaban J connectivity index is 2.43. The third kappa shape index (κ3) is 3.16. The van der Waals surface area contributed by atoms with Crippen LogP contribution in [-0.4, -0.2) is 39.8 Å². The SMILES string of the molecule is CCc1c(C)sc(NC(=O)c2cn(C)nc2C(=O)O)c1C(=O)OC. The quantitative estimate of drug-likeness (QED) is 0.798. The van der Waals surface area contributed by atoms with Gasteiger partial charge in [-0.3, -0.25) is 9.48 Å². The Labute approximate surface area is 142 Å². The lowest BCUT2D eigenvalue weighted by Gasteiger charge is -2.06. The summed E-state index contributed by atoms with van der Waals surface area (Å²) in [4.78, 5) is 36.6. The lowest BCUT2D eigenvalue weighted by atomic mass is 10.1. The van der Waals surface area contributed by atoms with E-state index < -0.39 is 17.8 Å². The standard InChI is InChI=1S/C15H17N3O5S/c1-5-8-7(2)24-13(10(8)15(22)23-4)16-12(19)9-6-18(3)17-11(9)14(20)21/h6H,5H2,1-4H3,(H,16,19)(H,20,21). The number of amides is 1. The molecule has 128 valence electrons. The van der Waals surface area contributed by atoms with Gasteiger partial charge < -0.3 is 15.2 Å². The summed E-state index contributed by atoms with van der Waals surface area (Å²) in [6.45, 7) is 3.75. The fourth-order valence-electron chi connectivity index (χ4n) is 2.39. The topological polar surface area (TPSA) is 111 Å². The number of ether oxygens (including phenoxy) is 1. The molecule has 0 atom stereocenters. The van der Waals surface area contributed by atoms with E-state index in [4.69, 9.17) is 9.84 Å². The van der Waals surface area contributed by atoms with Crippen molar-refractivity contribution in [2.45, 2.75) is 20.3 Å². The molecule has 2 heterocycles. The molecule has 0 aromatic carbocycles. The molecule has 2 N–H and O–H groups in total. The monoisotopic (exact) mass is 351 g/mol. The van der Waals surface area contributed by atoms with Gasteiger partial charge in [0.05, 0.1) is 18.2 Å². The second-order valence-electron chi connectivity index (χ2n) is 5.01. The number of hydrogen-bond acceptors (Lipinski definition) is 6. The zero-order chi connectivity index (χ0) is 18.0. The summed E-state index contributed by atoms with van der Waals surface area (Å²) < 4.78 is 6.04. The molecule has 0 saturated carbocycles. The van der Waals surface area contributed by atoms with E-state index in [9.17, 15) is 14.4 Å². The van der Waals surface area contributed by atoms with Gasteiger partial charge in [-0.05, 0) is 18.9 Å². The number of anilines is 1. The number of carboxylic acids is 1. The van der Waals surface area contributed by atoms with Crippen LogP contribution in [0, 0.1) is 6.92 Å². The van der Waals surface area contributed by atoms with Crippen molar-refractivity contribution < 1.29 is 24.2 Å². The molecule has 0 saturated heterocycles. The highest BCUT2D eigenvalue weighted by Crippen LogP contribution is 2.34. The normalized spacial score (nSPS) is 10.5. The Morgan fingerprint density at radius 3 is 2.62 bits per heavy atom. The van der Waals surface area contributed by atoms with Gasteiger partial charge in [-0.15, -0.1) is 11.3 Å². The first kappa shape index (κ1) is 17.7. The molecule has 0 fully saturated rings. The Hall–Kier alpha value is -2.68. The Kier molecular flexibility index (Phi) is 5.03. The van der Waals surface area contributed by atoms with Crippen molar-refractivity contribution in [2.75, 3.05) is 12.4 Å². The number of nitrogens with zero attached hydrogens (tertiary/aromatic N) is 2. The van der Waals surface area contributed by atoms with Crippen LogP contribution in [0.15, 0.2) is 6.20 Å². The van der Waals surface area contributed by atoms with Crippen LogP contribution >= 0.6 is 11.3 Å². The summed E-state index contributed by atoms with van der Waals surface area (Å²) in [6.07, 6.45) is 1.92. The predicted molar refractivity (Wildman–Crippen MR) is 87.9 cm³/mol. The van der Waals surface area contributed by atoms with Gasteiger partial charge >= 0.3 is 11.9 Å². The number of carboxylic acid groups (broad SMARTS) is 1. The molecule has 0 bridgehead atoms. The van der Waals surface area contributed by atoms with Gasteiger partial charge in [0.15, 0.2) is 5.69 Å². The Bertz CT molecular complexity index is 821. The van der Waals surface area contributed by atoms with Crippen LogP contribution in [0.5, 0.6) is 0 Å². The summed E-state index contributed by atoms with van der Waals surface area (Å²) in [5, 5.41) is 15.8. The van der Waals surface area contributed by atoms with Crippen LogP contribution in [0.2, 0.25) is 0 Å². The van der Waals surface area contributed by atoms with Gasteiger partial charge in [-0.25, -0.2) is 9.59 Å². The lowest BCUT2D eigenvalue weighted by Crippen LogP contribution is -2.17. The summed E-state index contributed by atoms with van der Waals surface area (Å²) in [5.41, 5.74) is 0.673. The molecule has 9 heteroatoms. The second kappa shape index (κ2) is 6.83. The van der Waals surface area contributed by atoms with Crippen molar-refractivity contribution in [1.29, 1.82) is 0 Å². The second-order valence-corrected chi connectivity index (χ2v) is 6.24. The molecule has 1 amide bonds. The molecular formula is C15H17N3O5S. The minimum absolute atomic E-state index is 0.0788. The van der Waals surface area contributed by atoms with Crippen LogP contribution in [0.1, 0.15) is 48.6 Å². The lowest BCUT2D eigenvalue weighted by molar-refractivity contribution is 0.0600. The first-order valence-corrected chi connectivity index (χ1v) is 7.90. The fourth-order valence-corrected chi connectivity index (χ4v) is 3.52. The van der Waals surface area contributed by atoms with Crippen molar-refractivity contribution in [2.24, 2.45) is 7.05 Å². The van der Waals surface area contributed by atoms with Gasteiger partial charge in [-0.2, -0.15) is 5.10 Å². The molecule has 8 nitrogen and oxygen atoms in total. The van der Waals surface area contributed by atoms with E-state index in [1.54, 1.807) is 0 Å². The van der Waals surface area contributed by atoms with Crippen LogP contribution in [0.4, 0.5) is 5.00 Å². The van der Waals surface area contributed by atoms with Crippen molar-refractivity contribution in [3.8, 4) is 0 Å². The maximum Gasteiger partial charge on any atom is 0.357 e. The van der Waals surface area contributed by atoms with E-state index in [-0.39, 0.29) is 11.3 Å². The molecule has 2 aromatic rings. The number of aryl methyl sites for hydroxylation is 2. The van der Waals surface area contributed by atoms with Crippen LogP contribution in [0.3, 0.4) is 0 Å². The maximum atomic E-state index is 12.5. The van der Waals surface area contributed by atoms with Crippen LogP contribution in [-0.2, 0) is 18.2 Å². The molecule has 0 aliphatic carbocycles. The van der Waals surface area contributed by atoms with Gasteiger partial charge in [0.2, 0.25) is 0 Å². The molecule has 0 aliphatic rings. The van der Waals surface area contributed by atoms with E-state index >= 15 is 0 Å². The molecule has 0 spiro atoms. The highest BCUT2D eigenvalue weighted by atomic mass is 32.1. The molecular weight excluding hydrogens is 334 g/mol. The van der Waals surface area contributed by atoms with E-state index in [0.717, 1.165) is 10.4 Å². The number of nitrogens with one attached hydrogen (secondary N) is 1. The first-order valence-electron chi connectivity index (χ1n) is 7.08. The van der Waals surface area contributed by atoms with Gasteiger partial charge in [0, 0.05) is 18.1 Å². The number of carbonyl (C=O) groups is 3. The minimum Gasteiger partial charge on any atom is -0.476 e. The molecule has 2 aromatic heterocycles. The molecule has 0 radical (unpaired) electrons. The van der Waals surface area contributed by atoms with Crippen LogP contribution < -0.4 is 5.32 Å². The number of carbonyl (C=O) groups excluding carboxylic acids is 2. The van der Waals surface area contributed by atoms with E-state index in [1.807, 2.05) is 13.8 Å².